The molecule has 0 unspecified atom stereocenters. The number of carboxylic acids is 1. The topological polar surface area (TPSA) is 82.7 Å². The van der Waals surface area contributed by atoms with Crippen LogP contribution in [0.25, 0.3) is 27.7 Å². The molecule has 0 bridgehead atoms. The zero-order valence-corrected chi connectivity index (χ0v) is 18.5. The number of aromatic nitrogens is 1. The van der Waals surface area contributed by atoms with Crippen LogP contribution in [0.4, 0.5) is 8.78 Å². The molecule has 7 heteroatoms. The van der Waals surface area contributed by atoms with E-state index in [1.165, 1.54) is 24.3 Å². The van der Waals surface area contributed by atoms with Gasteiger partial charge in [-0.25, -0.2) is 13.6 Å². The Labute approximate surface area is 194 Å². The summed E-state index contributed by atoms with van der Waals surface area (Å²) in [4.78, 5) is 11.4. The molecule has 0 atom stereocenters. The number of rotatable bonds is 4. The van der Waals surface area contributed by atoms with E-state index in [1.54, 1.807) is 35.8 Å². The number of phenolic OH excluding ortho intramolecular Hbond substituents is 1. The number of carbonyl (C=O) groups is 1. The van der Waals surface area contributed by atoms with Crippen LogP contribution < -0.4 is 0 Å². The molecule has 0 saturated heterocycles. The first-order chi connectivity index (χ1) is 16.2. The van der Waals surface area contributed by atoms with Gasteiger partial charge in [-0.1, -0.05) is 25.0 Å². The largest absolute Gasteiger partial charge is 0.507 e. The molecule has 0 amide bonds. The predicted molar refractivity (Wildman–Crippen MR) is 124 cm³/mol. The fourth-order valence-corrected chi connectivity index (χ4v) is 5.10. The van der Waals surface area contributed by atoms with Crippen LogP contribution in [0.15, 0.2) is 54.6 Å². The molecule has 3 aromatic carbocycles. The summed E-state index contributed by atoms with van der Waals surface area (Å²) in [6, 6.07) is 12.9. The zero-order chi connectivity index (χ0) is 24.2. The van der Waals surface area contributed by atoms with Crippen molar-refractivity contribution in [1.82, 2.24) is 4.57 Å². The Morgan fingerprint density at radius 3 is 2.29 bits per heavy atom. The monoisotopic (exact) mass is 463 g/mol. The van der Waals surface area contributed by atoms with E-state index in [0.29, 0.717) is 51.8 Å². The van der Waals surface area contributed by atoms with Crippen LogP contribution >= 0.6 is 0 Å². The van der Waals surface area contributed by atoms with E-state index in [0.717, 1.165) is 18.9 Å². The molecule has 4 aromatic rings. The molecule has 0 spiro atoms. The van der Waals surface area contributed by atoms with Gasteiger partial charge in [0.1, 0.15) is 23.0 Å². The third-order valence-electron chi connectivity index (χ3n) is 6.70. The second-order valence-electron chi connectivity index (χ2n) is 8.93. The van der Waals surface area contributed by atoms with Gasteiger partial charge in [0.25, 0.3) is 0 Å². The number of hydrogen-bond acceptors (Lipinski definition) is 3. The normalized spacial score (nSPS) is 15.2. The minimum absolute atomic E-state index is 0.0954. The highest BCUT2D eigenvalue weighted by atomic mass is 19.1. The minimum Gasteiger partial charge on any atom is -0.507 e. The molecular weight excluding hydrogens is 440 g/mol. The number of carboxylic acid groups (broad SMARTS) is 1. The number of aromatic hydroxyl groups is 1. The molecule has 5 rings (SSSR count). The Hall–Kier alpha value is -3.71. The average molecular weight is 463 g/mol. The first-order valence-corrected chi connectivity index (χ1v) is 11.1. The highest BCUT2D eigenvalue weighted by molar-refractivity contribution is 6.04. The van der Waals surface area contributed by atoms with Crippen molar-refractivity contribution in [1.29, 1.82) is 0 Å². The molecule has 0 radical (unpaired) electrons. The molecule has 1 aliphatic carbocycles. The third-order valence-corrected chi connectivity index (χ3v) is 6.70. The van der Waals surface area contributed by atoms with Crippen LogP contribution in [-0.2, 0) is 5.60 Å². The maximum Gasteiger partial charge on any atom is 0.335 e. The lowest BCUT2D eigenvalue weighted by Gasteiger charge is -2.27. The predicted octanol–water partition coefficient (Wildman–Crippen LogP) is 6.05. The van der Waals surface area contributed by atoms with Gasteiger partial charge in [0.15, 0.2) is 0 Å². The van der Waals surface area contributed by atoms with E-state index in [2.05, 4.69) is 0 Å². The van der Waals surface area contributed by atoms with Gasteiger partial charge >= 0.3 is 5.97 Å². The summed E-state index contributed by atoms with van der Waals surface area (Å²) in [6.07, 6.45) is 2.51. The summed E-state index contributed by atoms with van der Waals surface area (Å²) in [7, 11) is 0. The van der Waals surface area contributed by atoms with Crippen LogP contribution in [-0.4, -0.2) is 25.9 Å². The van der Waals surface area contributed by atoms with E-state index in [9.17, 15) is 28.9 Å². The Bertz CT molecular complexity index is 1430. The van der Waals surface area contributed by atoms with Gasteiger partial charge < -0.3 is 19.9 Å². The lowest BCUT2D eigenvalue weighted by molar-refractivity contribution is 0.0392. The minimum atomic E-state index is -1.27. The molecule has 1 heterocycles. The molecule has 1 saturated carbocycles. The molecule has 0 aliphatic heterocycles. The van der Waals surface area contributed by atoms with Crippen LogP contribution in [0.3, 0.4) is 0 Å². The van der Waals surface area contributed by atoms with Gasteiger partial charge in [-0.2, -0.15) is 0 Å². The van der Waals surface area contributed by atoms with Gasteiger partial charge in [0.2, 0.25) is 0 Å². The van der Waals surface area contributed by atoms with Crippen molar-refractivity contribution in [2.75, 3.05) is 0 Å². The number of benzene rings is 3. The van der Waals surface area contributed by atoms with Gasteiger partial charge in [0.05, 0.1) is 22.2 Å². The van der Waals surface area contributed by atoms with Crippen LogP contribution in [0, 0.1) is 18.6 Å². The summed E-state index contributed by atoms with van der Waals surface area (Å²) >= 11 is 0. The number of nitrogens with zero attached hydrogens (tertiary/aromatic N) is 1. The van der Waals surface area contributed by atoms with Gasteiger partial charge in [-0.05, 0) is 67.3 Å². The summed E-state index contributed by atoms with van der Waals surface area (Å²) in [5.74, 6) is -2.41. The van der Waals surface area contributed by atoms with Crippen molar-refractivity contribution in [2.24, 2.45) is 0 Å². The molecule has 3 N–H and O–H groups in total. The summed E-state index contributed by atoms with van der Waals surface area (Å²) in [6.45, 7) is 1.62. The number of fused-ring (bicyclic) bond motifs is 1. The van der Waals surface area contributed by atoms with E-state index in [-0.39, 0.29) is 17.1 Å². The van der Waals surface area contributed by atoms with Gasteiger partial charge in [-0.3, -0.25) is 0 Å². The first-order valence-electron chi connectivity index (χ1n) is 11.1. The molecular formula is C27H23F2NO4. The summed E-state index contributed by atoms with van der Waals surface area (Å²) < 4.78 is 30.3. The SMILES string of the molecule is Cc1cc(-n2c(C3(O)CCCC3)c(-c3ccc(C(=O)O)cc3)c3c(O)cc(F)cc32)ccc1F. The first kappa shape index (κ1) is 22.1. The van der Waals surface area contributed by atoms with Crippen molar-refractivity contribution in [3.63, 3.8) is 0 Å². The maximum atomic E-state index is 14.5. The Kier molecular flexibility index (Phi) is 5.17. The molecule has 1 aliphatic rings. The van der Waals surface area contributed by atoms with Crippen LogP contribution in [0.2, 0.25) is 0 Å². The van der Waals surface area contributed by atoms with Gasteiger partial charge in [0, 0.05) is 17.3 Å². The molecule has 5 nitrogen and oxygen atoms in total. The molecule has 1 aromatic heterocycles. The van der Waals surface area contributed by atoms with Crippen molar-refractivity contribution >= 4 is 16.9 Å². The van der Waals surface area contributed by atoms with Gasteiger partial charge in [-0.15, -0.1) is 0 Å². The Morgan fingerprint density at radius 1 is 1.00 bits per heavy atom. The number of aryl methyl sites for hydroxylation is 1. The summed E-state index contributed by atoms with van der Waals surface area (Å²) in [5, 5.41) is 32.3. The fourth-order valence-electron chi connectivity index (χ4n) is 5.10. The third kappa shape index (κ3) is 3.44. The van der Waals surface area contributed by atoms with E-state index >= 15 is 0 Å². The Balaban J connectivity index is 1.94. The van der Waals surface area contributed by atoms with Crippen LogP contribution in [0.1, 0.15) is 47.3 Å². The standard InChI is InChI=1S/C27H23F2NO4/c1-15-12-19(8-9-20(15)29)30-21-13-18(28)14-22(31)24(21)23(25(30)27(34)10-2-3-11-27)16-4-6-17(7-5-16)26(32)33/h4-9,12-14,31,34H,2-3,10-11H2,1H3,(H,32,33). The van der Waals surface area contributed by atoms with Crippen molar-refractivity contribution in [2.45, 2.75) is 38.2 Å². The number of aliphatic hydroxyl groups is 1. The number of aromatic carboxylic acids is 1. The van der Waals surface area contributed by atoms with E-state index in [1.807, 2.05) is 0 Å². The van der Waals surface area contributed by atoms with Crippen LogP contribution in [0.5, 0.6) is 5.75 Å². The quantitative estimate of drug-likeness (QED) is 0.344. The lowest BCUT2D eigenvalue weighted by Crippen LogP contribution is -2.25. The number of hydrogen-bond donors (Lipinski definition) is 3. The van der Waals surface area contributed by atoms with Crippen molar-refractivity contribution in [3.05, 3.63) is 83.1 Å². The molecule has 34 heavy (non-hydrogen) atoms. The maximum absolute atomic E-state index is 14.5. The molecule has 1 fully saturated rings. The lowest BCUT2D eigenvalue weighted by atomic mass is 9.89. The second-order valence-corrected chi connectivity index (χ2v) is 8.93. The zero-order valence-electron chi connectivity index (χ0n) is 18.5. The fraction of sp³-hybridized carbons (Fsp3) is 0.222. The van der Waals surface area contributed by atoms with E-state index < -0.39 is 17.4 Å². The molecule has 174 valence electrons. The summed E-state index contributed by atoms with van der Waals surface area (Å²) in [5.41, 5.74) is 1.60. The van der Waals surface area contributed by atoms with Crippen molar-refractivity contribution < 1.29 is 28.9 Å². The highest BCUT2D eigenvalue weighted by Gasteiger charge is 2.40. The van der Waals surface area contributed by atoms with E-state index in [4.69, 9.17) is 0 Å². The number of halogens is 2. The highest BCUT2D eigenvalue weighted by Crippen LogP contribution is 2.50. The number of phenols is 1. The smallest absolute Gasteiger partial charge is 0.335 e. The Morgan fingerprint density at radius 2 is 1.68 bits per heavy atom. The average Bonchev–Trinajstić information content (AvgIpc) is 3.38. The second kappa shape index (κ2) is 7.95. The van der Waals surface area contributed by atoms with Crippen molar-refractivity contribution in [3.8, 4) is 22.6 Å².